The third-order valence-electron chi connectivity index (χ3n) is 2.72. The number of hydrogen-bond donors (Lipinski definition) is 4. The first-order chi connectivity index (χ1) is 7.33. The highest BCUT2D eigenvalue weighted by Crippen LogP contribution is 1.96. The number of nitrogens with two attached hydrogens (primary N) is 2. The predicted octanol–water partition coefficient (Wildman–Crippen LogP) is -1.84. The Morgan fingerprint density at radius 1 is 1.27 bits per heavy atom. The molecule has 1 rings (SSSR count). The van der Waals surface area contributed by atoms with Crippen LogP contribution in [0.25, 0.3) is 0 Å². The maximum atomic E-state index is 6.05. The minimum absolute atomic E-state index is 0.286. The summed E-state index contributed by atoms with van der Waals surface area (Å²) in [4.78, 5) is 2.43. The molecule has 1 unspecified atom stereocenters. The molecule has 6 N–H and O–H groups in total. The summed E-state index contributed by atoms with van der Waals surface area (Å²) < 4.78 is 0. The summed E-state index contributed by atoms with van der Waals surface area (Å²) in [6, 6.07) is 0.286. The van der Waals surface area contributed by atoms with E-state index in [2.05, 4.69) is 15.5 Å². The Morgan fingerprint density at radius 3 is 2.67 bits per heavy atom. The molecule has 1 aliphatic heterocycles. The molecular formula is C10H25N5. The van der Waals surface area contributed by atoms with Crippen LogP contribution in [0.4, 0.5) is 0 Å². The summed E-state index contributed by atoms with van der Waals surface area (Å²) >= 11 is 0. The van der Waals surface area contributed by atoms with Crippen molar-refractivity contribution in [1.82, 2.24) is 15.5 Å². The van der Waals surface area contributed by atoms with Crippen LogP contribution in [0.5, 0.6) is 0 Å². The van der Waals surface area contributed by atoms with Crippen LogP contribution in [-0.2, 0) is 0 Å². The van der Waals surface area contributed by atoms with Crippen LogP contribution in [0.1, 0.15) is 6.42 Å². The molecule has 0 amide bonds. The van der Waals surface area contributed by atoms with Crippen molar-refractivity contribution in [3.05, 3.63) is 0 Å². The maximum Gasteiger partial charge on any atom is 0.0179 e. The smallest absolute Gasteiger partial charge is 0.0179 e. The number of nitrogens with zero attached hydrogens (tertiary/aromatic N) is 1. The lowest BCUT2D eigenvalue weighted by Gasteiger charge is -2.29. The first kappa shape index (κ1) is 12.9. The summed E-state index contributed by atoms with van der Waals surface area (Å²) in [7, 11) is 0. The fourth-order valence-electron chi connectivity index (χ4n) is 1.83. The minimum atomic E-state index is 0.286. The van der Waals surface area contributed by atoms with Crippen LogP contribution >= 0.6 is 0 Å². The Hall–Kier alpha value is -0.200. The average molecular weight is 215 g/mol. The van der Waals surface area contributed by atoms with Crippen molar-refractivity contribution < 1.29 is 0 Å². The Labute approximate surface area is 92.6 Å². The summed E-state index contributed by atoms with van der Waals surface area (Å²) in [5.41, 5.74) is 11.4. The van der Waals surface area contributed by atoms with E-state index in [4.69, 9.17) is 11.5 Å². The van der Waals surface area contributed by atoms with E-state index in [1.807, 2.05) is 0 Å². The molecule has 90 valence electrons. The molecule has 15 heavy (non-hydrogen) atoms. The van der Waals surface area contributed by atoms with Crippen LogP contribution in [0, 0.1) is 0 Å². The van der Waals surface area contributed by atoms with Gasteiger partial charge in [-0.2, -0.15) is 0 Å². The zero-order chi connectivity index (χ0) is 10.9. The van der Waals surface area contributed by atoms with Gasteiger partial charge in [0, 0.05) is 51.9 Å². The van der Waals surface area contributed by atoms with E-state index in [9.17, 15) is 0 Å². The SMILES string of the molecule is NCCNCCC(N)CN1CCNCC1. The van der Waals surface area contributed by atoms with E-state index in [0.29, 0.717) is 6.54 Å². The largest absolute Gasteiger partial charge is 0.329 e. The third-order valence-corrected chi connectivity index (χ3v) is 2.72. The maximum absolute atomic E-state index is 6.05. The number of nitrogens with one attached hydrogen (secondary N) is 2. The fraction of sp³-hybridized carbons (Fsp3) is 1.00. The van der Waals surface area contributed by atoms with Crippen molar-refractivity contribution in [1.29, 1.82) is 0 Å². The topological polar surface area (TPSA) is 79.3 Å². The quantitative estimate of drug-likeness (QED) is 0.375. The van der Waals surface area contributed by atoms with Crippen LogP contribution in [-0.4, -0.2) is 63.3 Å². The van der Waals surface area contributed by atoms with Gasteiger partial charge in [0.05, 0.1) is 0 Å². The Morgan fingerprint density at radius 2 is 2.00 bits per heavy atom. The normalized spacial score (nSPS) is 20.4. The van der Waals surface area contributed by atoms with E-state index in [0.717, 1.165) is 52.2 Å². The van der Waals surface area contributed by atoms with Crippen molar-refractivity contribution in [2.75, 3.05) is 52.4 Å². The van der Waals surface area contributed by atoms with Gasteiger partial charge < -0.3 is 22.1 Å². The van der Waals surface area contributed by atoms with Crippen LogP contribution in [0.3, 0.4) is 0 Å². The predicted molar refractivity (Wildman–Crippen MR) is 63.8 cm³/mol. The van der Waals surface area contributed by atoms with Gasteiger partial charge in [-0.1, -0.05) is 0 Å². The number of piperazine rings is 1. The molecule has 1 aliphatic rings. The lowest BCUT2D eigenvalue weighted by molar-refractivity contribution is 0.224. The zero-order valence-electron chi connectivity index (χ0n) is 9.54. The van der Waals surface area contributed by atoms with Gasteiger partial charge in [0.25, 0.3) is 0 Å². The van der Waals surface area contributed by atoms with Gasteiger partial charge in [-0.3, -0.25) is 4.90 Å². The molecule has 1 atom stereocenters. The molecule has 0 aromatic rings. The minimum Gasteiger partial charge on any atom is -0.329 e. The van der Waals surface area contributed by atoms with Crippen molar-refractivity contribution >= 4 is 0 Å². The second kappa shape index (κ2) is 8.01. The van der Waals surface area contributed by atoms with Crippen molar-refractivity contribution in [2.24, 2.45) is 11.5 Å². The van der Waals surface area contributed by atoms with E-state index < -0.39 is 0 Å². The van der Waals surface area contributed by atoms with Gasteiger partial charge in [-0.15, -0.1) is 0 Å². The van der Waals surface area contributed by atoms with Gasteiger partial charge in [0.15, 0.2) is 0 Å². The first-order valence-corrected chi connectivity index (χ1v) is 5.92. The average Bonchev–Trinajstić information content (AvgIpc) is 2.26. The van der Waals surface area contributed by atoms with Crippen LogP contribution in [0.15, 0.2) is 0 Å². The summed E-state index contributed by atoms with van der Waals surface area (Å²) in [5, 5.41) is 6.61. The van der Waals surface area contributed by atoms with Crippen molar-refractivity contribution in [3.8, 4) is 0 Å². The van der Waals surface area contributed by atoms with Gasteiger partial charge in [0.2, 0.25) is 0 Å². The summed E-state index contributed by atoms with van der Waals surface area (Å²) in [5.74, 6) is 0. The van der Waals surface area contributed by atoms with Gasteiger partial charge in [-0.05, 0) is 13.0 Å². The monoisotopic (exact) mass is 215 g/mol. The van der Waals surface area contributed by atoms with Gasteiger partial charge in [0.1, 0.15) is 0 Å². The molecule has 0 aromatic heterocycles. The second-order valence-electron chi connectivity index (χ2n) is 4.14. The lowest BCUT2D eigenvalue weighted by atomic mass is 10.2. The third kappa shape index (κ3) is 6.06. The molecule has 0 radical (unpaired) electrons. The zero-order valence-corrected chi connectivity index (χ0v) is 9.54. The molecule has 0 aromatic carbocycles. The molecule has 0 aliphatic carbocycles. The molecule has 5 nitrogen and oxygen atoms in total. The van der Waals surface area contributed by atoms with Crippen LogP contribution < -0.4 is 22.1 Å². The van der Waals surface area contributed by atoms with Crippen LogP contribution in [0.2, 0.25) is 0 Å². The lowest BCUT2D eigenvalue weighted by Crippen LogP contribution is -2.48. The van der Waals surface area contributed by atoms with Gasteiger partial charge >= 0.3 is 0 Å². The van der Waals surface area contributed by atoms with Crippen molar-refractivity contribution in [2.45, 2.75) is 12.5 Å². The van der Waals surface area contributed by atoms with Gasteiger partial charge in [-0.25, -0.2) is 0 Å². The second-order valence-corrected chi connectivity index (χ2v) is 4.14. The molecule has 0 bridgehead atoms. The number of hydrogen-bond acceptors (Lipinski definition) is 5. The highest BCUT2D eigenvalue weighted by Gasteiger charge is 2.12. The molecule has 1 fully saturated rings. The fourth-order valence-corrected chi connectivity index (χ4v) is 1.83. The standard InChI is InChI=1S/C10H25N5/c11-2-4-13-3-1-10(12)9-15-7-5-14-6-8-15/h10,13-14H,1-9,11-12H2. The van der Waals surface area contributed by atoms with E-state index >= 15 is 0 Å². The Kier molecular flexibility index (Phi) is 6.87. The number of rotatable bonds is 7. The molecular weight excluding hydrogens is 190 g/mol. The molecule has 1 heterocycles. The van der Waals surface area contributed by atoms with E-state index in [1.165, 1.54) is 0 Å². The Balaban J connectivity index is 1.98. The molecule has 0 saturated carbocycles. The molecule has 1 saturated heterocycles. The van der Waals surface area contributed by atoms with E-state index in [-0.39, 0.29) is 6.04 Å². The van der Waals surface area contributed by atoms with Crippen molar-refractivity contribution in [3.63, 3.8) is 0 Å². The van der Waals surface area contributed by atoms with E-state index in [1.54, 1.807) is 0 Å². The molecule has 5 heteroatoms. The first-order valence-electron chi connectivity index (χ1n) is 5.92. The summed E-state index contributed by atoms with van der Waals surface area (Å²) in [6.07, 6.45) is 1.03. The molecule has 0 spiro atoms. The summed E-state index contributed by atoms with van der Waals surface area (Å²) in [6.45, 7) is 8.04. The highest BCUT2D eigenvalue weighted by molar-refractivity contribution is 4.73. The highest BCUT2D eigenvalue weighted by atomic mass is 15.2. The Bertz CT molecular complexity index is 147.